The summed E-state index contributed by atoms with van der Waals surface area (Å²) in [5, 5.41) is 13.8. The van der Waals surface area contributed by atoms with Gasteiger partial charge < -0.3 is 0 Å². The van der Waals surface area contributed by atoms with Crippen LogP contribution in [-0.2, 0) is 15.2 Å². The molecule has 5 nitrogen and oxygen atoms in total. The lowest BCUT2D eigenvalue weighted by Gasteiger charge is -2.05. The predicted molar refractivity (Wildman–Crippen MR) is 74.0 cm³/mol. The molecule has 0 unspecified atom stereocenters. The molecule has 1 aromatic carbocycles. The standard InChI is InChI=1S/C12H10BrN3O2S/c1-19(17,18)11-7-15-16(8-11)12-3-2-9(5-13)4-10(12)6-14/h2-4,7-8H,5H2,1H3. The van der Waals surface area contributed by atoms with Crippen LogP contribution in [0.2, 0.25) is 0 Å². The minimum absolute atomic E-state index is 0.126. The summed E-state index contributed by atoms with van der Waals surface area (Å²) >= 11 is 3.32. The van der Waals surface area contributed by atoms with Gasteiger partial charge in [0, 0.05) is 17.8 Å². The van der Waals surface area contributed by atoms with Crippen molar-refractivity contribution in [2.45, 2.75) is 10.2 Å². The molecule has 0 saturated carbocycles. The van der Waals surface area contributed by atoms with Crippen molar-refractivity contribution >= 4 is 25.8 Å². The first-order valence-electron chi connectivity index (χ1n) is 5.30. The summed E-state index contributed by atoms with van der Waals surface area (Å²) in [5.41, 5.74) is 1.97. The summed E-state index contributed by atoms with van der Waals surface area (Å²) in [6.07, 6.45) is 3.79. The fourth-order valence-corrected chi connectivity index (χ4v) is 2.46. The van der Waals surface area contributed by atoms with Crippen LogP contribution < -0.4 is 0 Å². The van der Waals surface area contributed by atoms with Crippen molar-refractivity contribution in [3.63, 3.8) is 0 Å². The van der Waals surface area contributed by atoms with Gasteiger partial charge in [0.05, 0.1) is 17.4 Å². The van der Waals surface area contributed by atoms with Gasteiger partial charge in [-0.2, -0.15) is 10.4 Å². The first kappa shape index (κ1) is 13.8. The molecule has 0 spiro atoms. The second-order valence-corrected chi connectivity index (χ2v) is 6.57. The molecule has 98 valence electrons. The lowest BCUT2D eigenvalue weighted by atomic mass is 10.1. The molecule has 0 radical (unpaired) electrons. The van der Waals surface area contributed by atoms with Gasteiger partial charge in [0.15, 0.2) is 9.84 Å². The number of nitriles is 1. The Hall–Kier alpha value is -1.65. The molecule has 0 aliphatic heterocycles. The van der Waals surface area contributed by atoms with E-state index in [1.54, 1.807) is 12.1 Å². The molecule has 0 amide bonds. The molecule has 0 saturated heterocycles. The Labute approximate surface area is 119 Å². The number of hydrogen-bond donors (Lipinski definition) is 0. The topological polar surface area (TPSA) is 75.8 Å². The lowest BCUT2D eigenvalue weighted by Crippen LogP contribution is -1.99. The lowest BCUT2D eigenvalue weighted by molar-refractivity contribution is 0.602. The van der Waals surface area contributed by atoms with E-state index in [-0.39, 0.29) is 4.90 Å². The number of rotatable bonds is 3. The van der Waals surface area contributed by atoms with Crippen molar-refractivity contribution in [3.8, 4) is 11.8 Å². The van der Waals surface area contributed by atoms with Crippen LogP contribution in [0.3, 0.4) is 0 Å². The van der Waals surface area contributed by atoms with E-state index in [2.05, 4.69) is 27.1 Å². The number of sulfone groups is 1. The van der Waals surface area contributed by atoms with Crippen LogP contribution in [0.15, 0.2) is 35.5 Å². The van der Waals surface area contributed by atoms with Gasteiger partial charge in [-0.3, -0.25) is 0 Å². The van der Waals surface area contributed by atoms with E-state index in [1.807, 2.05) is 6.07 Å². The summed E-state index contributed by atoms with van der Waals surface area (Å²) in [4.78, 5) is 0.126. The molecule has 0 bridgehead atoms. The number of nitrogens with zero attached hydrogens (tertiary/aromatic N) is 3. The van der Waals surface area contributed by atoms with Gasteiger partial charge >= 0.3 is 0 Å². The Morgan fingerprint density at radius 3 is 2.74 bits per heavy atom. The number of hydrogen-bond acceptors (Lipinski definition) is 4. The predicted octanol–water partition coefficient (Wildman–Crippen LogP) is 2.04. The number of benzene rings is 1. The van der Waals surface area contributed by atoms with Crippen LogP contribution in [0.4, 0.5) is 0 Å². The van der Waals surface area contributed by atoms with Crippen molar-refractivity contribution < 1.29 is 8.42 Å². The average Bonchev–Trinajstić information content (AvgIpc) is 2.87. The first-order chi connectivity index (χ1) is 8.95. The molecule has 2 rings (SSSR count). The van der Waals surface area contributed by atoms with Crippen LogP contribution in [-0.4, -0.2) is 24.5 Å². The van der Waals surface area contributed by atoms with E-state index in [9.17, 15) is 8.42 Å². The molecule has 0 fully saturated rings. The maximum absolute atomic E-state index is 11.4. The third kappa shape index (κ3) is 2.85. The molecule has 0 aliphatic rings. The molecule has 1 aromatic heterocycles. The monoisotopic (exact) mass is 339 g/mol. The van der Waals surface area contributed by atoms with Gasteiger partial charge in [-0.15, -0.1) is 0 Å². The van der Waals surface area contributed by atoms with Crippen molar-refractivity contribution in [2.24, 2.45) is 0 Å². The van der Waals surface area contributed by atoms with Gasteiger partial charge in [0.1, 0.15) is 11.0 Å². The highest BCUT2D eigenvalue weighted by Gasteiger charge is 2.12. The van der Waals surface area contributed by atoms with Gasteiger partial charge in [0.2, 0.25) is 0 Å². The molecule has 0 atom stereocenters. The summed E-state index contributed by atoms with van der Waals surface area (Å²) in [7, 11) is -3.30. The molecule has 19 heavy (non-hydrogen) atoms. The summed E-state index contributed by atoms with van der Waals surface area (Å²) in [6, 6.07) is 7.43. The maximum atomic E-state index is 11.4. The van der Waals surface area contributed by atoms with Crippen LogP contribution >= 0.6 is 15.9 Å². The minimum Gasteiger partial charge on any atom is -0.238 e. The zero-order valence-corrected chi connectivity index (χ0v) is 12.4. The van der Waals surface area contributed by atoms with E-state index >= 15 is 0 Å². The zero-order valence-electron chi connectivity index (χ0n) is 10.0. The van der Waals surface area contributed by atoms with E-state index < -0.39 is 9.84 Å². The van der Waals surface area contributed by atoms with Crippen LogP contribution in [0, 0.1) is 11.3 Å². The third-order valence-corrected chi connectivity index (χ3v) is 4.28. The van der Waals surface area contributed by atoms with E-state index in [1.165, 1.54) is 17.1 Å². The third-order valence-electron chi connectivity index (χ3n) is 2.57. The summed E-state index contributed by atoms with van der Waals surface area (Å²) < 4.78 is 24.2. The largest absolute Gasteiger partial charge is 0.238 e. The fraction of sp³-hybridized carbons (Fsp3) is 0.167. The zero-order chi connectivity index (χ0) is 14.0. The number of halogens is 1. The average molecular weight is 340 g/mol. The highest BCUT2D eigenvalue weighted by atomic mass is 79.9. The smallest absolute Gasteiger partial charge is 0.178 e. The Bertz CT molecular complexity index is 760. The Morgan fingerprint density at radius 2 is 2.21 bits per heavy atom. The van der Waals surface area contributed by atoms with E-state index in [4.69, 9.17) is 5.26 Å². The van der Waals surface area contributed by atoms with Crippen molar-refractivity contribution in [3.05, 3.63) is 41.7 Å². The Balaban J connectivity index is 2.54. The normalized spacial score (nSPS) is 11.2. The van der Waals surface area contributed by atoms with Crippen LogP contribution in [0.25, 0.3) is 5.69 Å². The second-order valence-electron chi connectivity index (χ2n) is 3.99. The highest BCUT2D eigenvalue weighted by molar-refractivity contribution is 9.08. The summed E-state index contributed by atoms with van der Waals surface area (Å²) in [6.45, 7) is 0. The molecular formula is C12H10BrN3O2S. The molecule has 2 aromatic rings. The molecule has 0 aliphatic carbocycles. The first-order valence-corrected chi connectivity index (χ1v) is 8.31. The summed E-state index contributed by atoms with van der Waals surface area (Å²) in [5.74, 6) is 0. The van der Waals surface area contributed by atoms with Crippen molar-refractivity contribution in [1.29, 1.82) is 5.26 Å². The Morgan fingerprint density at radius 1 is 1.47 bits per heavy atom. The van der Waals surface area contributed by atoms with Crippen LogP contribution in [0.5, 0.6) is 0 Å². The van der Waals surface area contributed by atoms with Gasteiger partial charge in [-0.25, -0.2) is 13.1 Å². The second kappa shape index (κ2) is 5.15. The van der Waals surface area contributed by atoms with Crippen molar-refractivity contribution in [1.82, 2.24) is 9.78 Å². The number of alkyl halides is 1. The van der Waals surface area contributed by atoms with Crippen LogP contribution in [0.1, 0.15) is 11.1 Å². The van der Waals surface area contributed by atoms with Gasteiger partial charge in [0.25, 0.3) is 0 Å². The number of aromatic nitrogens is 2. The molecular weight excluding hydrogens is 330 g/mol. The minimum atomic E-state index is -3.30. The van der Waals surface area contributed by atoms with E-state index in [0.29, 0.717) is 16.6 Å². The maximum Gasteiger partial charge on any atom is 0.178 e. The Kier molecular flexibility index (Phi) is 3.73. The molecule has 0 N–H and O–H groups in total. The van der Waals surface area contributed by atoms with Gasteiger partial charge in [-0.05, 0) is 17.7 Å². The van der Waals surface area contributed by atoms with E-state index in [0.717, 1.165) is 11.8 Å². The fourth-order valence-electron chi connectivity index (χ4n) is 1.59. The highest BCUT2D eigenvalue weighted by Crippen LogP contribution is 2.18. The quantitative estimate of drug-likeness (QED) is 0.802. The van der Waals surface area contributed by atoms with Crippen molar-refractivity contribution in [2.75, 3.05) is 6.26 Å². The van der Waals surface area contributed by atoms with Gasteiger partial charge in [-0.1, -0.05) is 22.0 Å². The molecule has 7 heteroatoms. The SMILES string of the molecule is CS(=O)(=O)c1cnn(-c2ccc(CBr)cc2C#N)c1. The molecule has 1 heterocycles.